The van der Waals surface area contributed by atoms with E-state index in [9.17, 15) is 18.0 Å². The highest BCUT2D eigenvalue weighted by atomic mass is 32.1. The summed E-state index contributed by atoms with van der Waals surface area (Å²) in [7, 11) is 0. The molecule has 0 saturated heterocycles. The van der Waals surface area contributed by atoms with Crippen molar-refractivity contribution in [3.05, 3.63) is 40.8 Å². The monoisotopic (exact) mass is 356 g/mol. The van der Waals surface area contributed by atoms with Crippen molar-refractivity contribution >= 4 is 34.0 Å². The van der Waals surface area contributed by atoms with Crippen LogP contribution in [0.2, 0.25) is 0 Å². The zero-order valence-corrected chi connectivity index (χ0v) is 13.8. The van der Waals surface area contributed by atoms with Gasteiger partial charge in [0.2, 0.25) is 0 Å². The van der Waals surface area contributed by atoms with E-state index in [1.54, 1.807) is 13.0 Å². The summed E-state index contributed by atoms with van der Waals surface area (Å²) in [6, 6.07) is 7.01. The minimum atomic E-state index is -4.72. The molecule has 4 nitrogen and oxygen atoms in total. The van der Waals surface area contributed by atoms with Gasteiger partial charge in [-0.3, -0.25) is 9.79 Å². The summed E-state index contributed by atoms with van der Waals surface area (Å²) < 4.78 is 40.2. The lowest BCUT2D eigenvalue weighted by atomic mass is 10.2. The Labute approximate surface area is 141 Å². The van der Waals surface area contributed by atoms with Gasteiger partial charge in [-0.05, 0) is 44.2 Å². The lowest BCUT2D eigenvalue weighted by Gasteiger charge is -2.08. The number of aliphatic imine (C=N–C) groups is 1. The molecule has 0 spiro atoms. The summed E-state index contributed by atoms with van der Waals surface area (Å²) in [6.45, 7) is 4.41. The second-order valence-corrected chi connectivity index (χ2v) is 5.86. The van der Waals surface area contributed by atoms with Gasteiger partial charge < -0.3 is 10.1 Å². The molecule has 2 aromatic rings. The Morgan fingerprint density at radius 3 is 2.54 bits per heavy atom. The quantitative estimate of drug-likeness (QED) is 0.583. The molecule has 0 bridgehead atoms. The summed E-state index contributed by atoms with van der Waals surface area (Å²) in [6.07, 6.45) is -3.95. The standard InChI is InChI=1S/C16H15F3N2O2S/c1-3-20-15-14(8-13(9-22)24-15)10(2)21-11-4-6-12(7-5-11)23-16(17,18)19/h4-9,20H,3H2,1-2H3. The molecule has 8 heteroatoms. The number of alkyl halides is 3. The fourth-order valence-electron chi connectivity index (χ4n) is 2.01. The van der Waals surface area contributed by atoms with Crippen molar-refractivity contribution in [1.29, 1.82) is 0 Å². The number of aldehydes is 1. The zero-order valence-electron chi connectivity index (χ0n) is 13.0. The Hall–Kier alpha value is -2.35. The summed E-state index contributed by atoms with van der Waals surface area (Å²) in [5.74, 6) is -0.300. The van der Waals surface area contributed by atoms with Crippen molar-refractivity contribution < 1.29 is 22.7 Å². The highest BCUT2D eigenvalue weighted by Crippen LogP contribution is 2.29. The van der Waals surface area contributed by atoms with Gasteiger partial charge in [0, 0.05) is 17.8 Å². The Morgan fingerprint density at radius 2 is 2.00 bits per heavy atom. The van der Waals surface area contributed by atoms with Crippen LogP contribution in [0.3, 0.4) is 0 Å². The second kappa shape index (κ2) is 7.48. The van der Waals surface area contributed by atoms with Crippen LogP contribution in [0.5, 0.6) is 5.75 Å². The number of carbonyl (C=O) groups excluding carboxylic acids is 1. The van der Waals surface area contributed by atoms with Crippen LogP contribution in [0.4, 0.5) is 23.9 Å². The average Bonchev–Trinajstić information content (AvgIpc) is 2.91. The fraction of sp³-hybridized carbons (Fsp3) is 0.250. The first-order chi connectivity index (χ1) is 11.3. The molecule has 24 heavy (non-hydrogen) atoms. The number of ether oxygens (including phenoxy) is 1. The Kier molecular flexibility index (Phi) is 5.61. The molecule has 0 aliphatic heterocycles. The van der Waals surface area contributed by atoms with E-state index in [0.29, 0.717) is 22.8 Å². The number of hydrogen-bond donors (Lipinski definition) is 1. The Morgan fingerprint density at radius 1 is 1.33 bits per heavy atom. The number of nitrogens with zero attached hydrogens (tertiary/aromatic N) is 1. The van der Waals surface area contributed by atoms with Gasteiger partial charge in [0.1, 0.15) is 5.75 Å². The minimum absolute atomic E-state index is 0.300. The third-order valence-electron chi connectivity index (χ3n) is 2.96. The highest BCUT2D eigenvalue weighted by molar-refractivity contribution is 7.18. The number of rotatable bonds is 6. The van der Waals surface area contributed by atoms with Gasteiger partial charge in [0.25, 0.3) is 0 Å². The van der Waals surface area contributed by atoms with Gasteiger partial charge in [0.15, 0.2) is 6.29 Å². The van der Waals surface area contributed by atoms with Crippen LogP contribution in [0.1, 0.15) is 29.1 Å². The first kappa shape index (κ1) is 18.0. The highest BCUT2D eigenvalue weighted by Gasteiger charge is 2.30. The molecule has 0 aliphatic rings. The van der Waals surface area contributed by atoms with Gasteiger partial charge in [-0.1, -0.05) is 0 Å². The lowest BCUT2D eigenvalue weighted by molar-refractivity contribution is -0.274. The summed E-state index contributed by atoms with van der Waals surface area (Å²) >= 11 is 1.33. The molecule has 0 unspecified atom stereocenters. The molecular weight excluding hydrogens is 341 g/mol. The van der Waals surface area contributed by atoms with Crippen LogP contribution in [0, 0.1) is 0 Å². The number of nitrogens with one attached hydrogen (secondary N) is 1. The molecular formula is C16H15F3N2O2S. The van der Waals surface area contributed by atoms with Gasteiger partial charge in [0.05, 0.1) is 15.6 Å². The van der Waals surface area contributed by atoms with Crippen molar-refractivity contribution in [2.24, 2.45) is 4.99 Å². The minimum Gasteiger partial charge on any atom is -0.406 e. The van der Waals surface area contributed by atoms with Crippen LogP contribution in [0.25, 0.3) is 0 Å². The van der Waals surface area contributed by atoms with Gasteiger partial charge >= 0.3 is 6.36 Å². The topological polar surface area (TPSA) is 50.7 Å². The van der Waals surface area contributed by atoms with Gasteiger partial charge in [-0.15, -0.1) is 24.5 Å². The molecule has 2 rings (SSSR count). The summed E-state index contributed by atoms with van der Waals surface area (Å²) in [5, 5.41) is 4.00. The summed E-state index contributed by atoms with van der Waals surface area (Å²) in [5.41, 5.74) is 1.93. The van der Waals surface area contributed by atoms with Crippen LogP contribution in [-0.4, -0.2) is 24.9 Å². The molecule has 128 valence electrons. The number of carbonyl (C=O) groups is 1. The van der Waals surface area contributed by atoms with Crippen molar-refractivity contribution in [1.82, 2.24) is 0 Å². The van der Waals surface area contributed by atoms with E-state index < -0.39 is 6.36 Å². The normalized spacial score (nSPS) is 12.1. The predicted molar refractivity (Wildman–Crippen MR) is 88.9 cm³/mol. The van der Waals surface area contributed by atoms with E-state index in [4.69, 9.17) is 0 Å². The van der Waals surface area contributed by atoms with Crippen LogP contribution >= 0.6 is 11.3 Å². The van der Waals surface area contributed by atoms with Crippen LogP contribution in [-0.2, 0) is 0 Å². The fourth-order valence-corrected chi connectivity index (χ4v) is 3.00. The molecule has 0 saturated carbocycles. The second-order valence-electron chi connectivity index (χ2n) is 4.78. The SMILES string of the molecule is CCNc1sc(C=O)cc1C(C)=Nc1ccc(OC(F)(F)F)cc1. The van der Waals surface area contributed by atoms with Crippen molar-refractivity contribution in [2.45, 2.75) is 20.2 Å². The molecule has 1 aromatic carbocycles. The maximum atomic E-state index is 12.1. The van der Waals surface area contributed by atoms with Gasteiger partial charge in [-0.2, -0.15) is 0 Å². The predicted octanol–water partition coefficient (Wildman–Crippen LogP) is 5.03. The van der Waals surface area contributed by atoms with E-state index in [1.165, 1.54) is 35.6 Å². The third kappa shape index (κ3) is 4.82. The number of thiophene rings is 1. The Balaban J connectivity index is 2.24. The van der Waals surface area contributed by atoms with Gasteiger partial charge in [-0.25, -0.2) is 0 Å². The maximum Gasteiger partial charge on any atom is 0.573 e. The largest absolute Gasteiger partial charge is 0.573 e. The molecule has 0 radical (unpaired) electrons. The first-order valence-electron chi connectivity index (χ1n) is 7.06. The lowest BCUT2D eigenvalue weighted by Crippen LogP contribution is -2.16. The molecule has 0 amide bonds. The molecule has 0 atom stereocenters. The maximum absolute atomic E-state index is 12.1. The van der Waals surface area contributed by atoms with E-state index in [0.717, 1.165) is 16.9 Å². The van der Waals surface area contributed by atoms with Crippen LogP contribution in [0.15, 0.2) is 35.3 Å². The average molecular weight is 356 g/mol. The van der Waals surface area contributed by atoms with E-state index in [-0.39, 0.29) is 5.75 Å². The number of benzene rings is 1. The first-order valence-corrected chi connectivity index (χ1v) is 7.88. The molecule has 1 N–H and O–H groups in total. The molecule has 1 heterocycles. The number of halogens is 3. The van der Waals surface area contributed by atoms with Crippen molar-refractivity contribution in [3.8, 4) is 5.75 Å². The Bertz CT molecular complexity index is 737. The van der Waals surface area contributed by atoms with Crippen molar-refractivity contribution in [3.63, 3.8) is 0 Å². The zero-order chi connectivity index (χ0) is 17.7. The molecule has 0 aliphatic carbocycles. The smallest absolute Gasteiger partial charge is 0.406 e. The van der Waals surface area contributed by atoms with E-state index >= 15 is 0 Å². The van der Waals surface area contributed by atoms with E-state index in [2.05, 4.69) is 15.0 Å². The van der Waals surface area contributed by atoms with E-state index in [1.807, 2.05) is 6.92 Å². The van der Waals surface area contributed by atoms with Crippen molar-refractivity contribution in [2.75, 3.05) is 11.9 Å². The summed E-state index contributed by atoms with van der Waals surface area (Å²) in [4.78, 5) is 15.9. The number of hydrogen-bond acceptors (Lipinski definition) is 5. The van der Waals surface area contributed by atoms with Crippen LogP contribution < -0.4 is 10.1 Å². The molecule has 0 fully saturated rings. The molecule has 1 aromatic heterocycles. The third-order valence-corrected chi connectivity index (χ3v) is 3.98. The number of anilines is 1.